The van der Waals surface area contributed by atoms with Gasteiger partial charge in [0.15, 0.2) is 11.6 Å². The van der Waals surface area contributed by atoms with Gasteiger partial charge in [0.25, 0.3) is 11.8 Å². The first-order valence-corrected chi connectivity index (χ1v) is 11.1. The molecule has 1 aromatic heterocycles. The molecule has 0 atom stereocenters. The zero-order valence-electron chi connectivity index (χ0n) is 19.9. The third-order valence-electron chi connectivity index (χ3n) is 5.26. The van der Waals surface area contributed by atoms with Crippen molar-refractivity contribution in [1.82, 2.24) is 4.98 Å². The molecule has 0 aliphatic heterocycles. The Labute approximate surface area is 215 Å². The molecule has 11 heteroatoms. The van der Waals surface area contributed by atoms with Gasteiger partial charge in [-0.3, -0.25) is 5.32 Å². The molecule has 0 saturated heterocycles. The molecule has 0 aliphatic rings. The van der Waals surface area contributed by atoms with Crippen molar-refractivity contribution in [2.45, 2.75) is 6.54 Å². The summed E-state index contributed by atoms with van der Waals surface area (Å²) in [4.78, 5) is 26.9. The number of nitrogens with zero attached hydrogens (tertiary/aromatic N) is 1. The lowest BCUT2D eigenvalue weighted by atomic mass is 10.0. The van der Waals surface area contributed by atoms with Gasteiger partial charge in [-0.05, 0) is 47.0 Å². The van der Waals surface area contributed by atoms with Crippen LogP contribution in [0.5, 0.6) is 23.3 Å². The van der Waals surface area contributed by atoms with Gasteiger partial charge >= 0.3 is 12.1 Å². The van der Waals surface area contributed by atoms with E-state index >= 15 is 0 Å². The number of amides is 1. The molecule has 0 spiro atoms. The highest BCUT2D eigenvalue weighted by Gasteiger charge is 2.20. The number of carboxylic acid groups (broad SMARTS) is 1. The number of hydrogen-bond acceptors (Lipinski definition) is 7. The van der Waals surface area contributed by atoms with Crippen molar-refractivity contribution >= 4 is 17.7 Å². The molecule has 0 fully saturated rings. The van der Waals surface area contributed by atoms with Gasteiger partial charge in [0.2, 0.25) is 0 Å². The van der Waals surface area contributed by atoms with Crippen LogP contribution >= 0.6 is 0 Å². The summed E-state index contributed by atoms with van der Waals surface area (Å²) in [5.74, 6) is -5.20. The number of aromatic carboxylic acids is 1. The molecule has 1 heterocycles. The highest BCUT2D eigenvalue weighted by atomic mass is 19.1. The van der Waals surface area contributed by atoms with E-state index in [2.05, 4.69) is 15.0 Å². The van der Waals surface area contributed by atoms with Crippen LogP contribution in [-0.2, 0) is 11.3 Å². The second-order valence-corrected chi connectivity index (χ2v) is 7.83. The second-order valence-electron chi connectivity index (χ2n) is 7.83. The number of halogens is 2. The number of carboxylic acids is 1. The van der Waals surface area contributed by atoms with E-state index in [0.717, 1.165) is 35.9 Å². The molecule has 3 aromatic carbocycles. The quantitative estimate of drug-likeness (QED) is 0.259. The first-order valence-electron chi connectivity index (χ1n) is 11.1. The second kappa shape index (κ2) is 11.4. The summed E-state index contributed by atoms with van der Waals surface area (Å²) in [6.45, 7) is 0.364. The fourth-order valence-corrected chi connectivity index (χ4v) is 3.44. The van der Waals surface area contributed by atoms with Crippen molar-refractivity contribution in [1.29, 1.82) is 0 Å². The minimum absolute atomic E-state index is 0.103. The largest absolute Gasteiger partial charge is 0.478 e. The first-order chi connectivity index (χ1) is 18.3. The number of ether oxygens (including phenoxy) is 3. The first kappa shape index (κ1) is 26.0. The van der Waals surface area contributed by atoms with E-state index < -0.39 is 35.5 Å². The number of rotatable bonds is 8. The lowest BCUT2D eigenvalue weighted by molar-refractivity contribution is 0.0694. The van der Waals surface area contributed by atoms with E-state index in [0.29, 0.717) is 12.6 Å². The van der Waals surface area contributed by atoms with E-state index in [1.807, 2.05) is 30.3 Å². The number of carbonyl (C=O) groups is 2. The van der Waals surface area contributed by atoms with Gasteiger partial charge in [-0.15, -0.1) is 0 Å². The van der Waals surface area contributed by atoms with Gasteiger partial charge in [0.05, 0.1) is 7.11 Å². The maximum absolute atomic E-state index is 14.6. The van der Waals surface area contributed by atoms with Crippen LogP contribution in [0.15, 0.2) is 72.8 Å². The molecule has 4 N–H and O–H groups in total. The number of aromatic nitrogens is 1. The molecule has 4 rings (SSSR count). The molecular weight excluding hydrogens is 500 g/mol. The zero-order chi connectivity index (χ0) is 27.2. The molecular formula is C27H21F2N3O6. The molecule has 0 aliphatic carbocycles. The Kier molecular flexibility index (Phi) is 7.78. The van der Waals surface area contributed by atoms with E-state index in [1.54, 1.807) is 18.2 Å². The van der Waals surface area contributed by atoms with E-state index in [1.165, 1.54) is 6.07 Å². The Morgan fingerprint density at radius 3 is 2.29 bits per heavy atom. The minimum atomic E-state index is -1.39. The van der Waals surface area contributed by atoms with Crippen molar-refractivity contribution in [2.24, 2.45) is 5.73 Å². The van der Waals surface area contributed by atoms with Crippen molar-refractivity contribution < 1.29 is 37.7 Å². The summed E-state index contributed by atoms with van der Waals surface area (Å²) in [6.07, 6.45) is -0.821. The summed E-state index contributed by atoms with van der Waals surface area (Å²) in [6, 6.07) is 18.3. The van der Waals surface area contributed by atoms with E-state index in [-0.39, 0.29) is 22.7 Å². The molecule has 0 radical (unpaired) electrons. The number of anilines is 1. The number of hydrogen-bond donors (Lipinski definition) is 3. The van der Waals surface area contributed by atoms with E-state index in [4.69, 9.17) is 15.2 Å². The number of nitrogens with one attached hydrogen (secondary N) is 1. The number of benzene rings is 3. The number of methoxy groups -OCH3 is 1. The SMILES string of the molecule is COC(=O)Nc1ccc(C(=O)O)c(Oc2nc(Oc3cccc(-c4cccc(CN)c4)c3)c(F)cc2F)c1. The van der Waals surface area contributed by atoms with Crippen LogP contribution in [0.2, 0.25) is 0 Å². The normalized spacial score (nSPS) is 10.5. The van der Waals surface area contributed by atoms with Crippen LogP contribution in [0.4, 0.5) is 19.3 Å². The van der Waals surface area contributed by atoms with Crippen molar-refractivity contribution in [3.05, 3.63) is 95.6 Å². The van der Waals surface area contributed by atoms with Crippen LogP contribution in [-0.4, -0.2) is 29.3 Å². The summed E-state index contributed by atoms with van der Waals surface area (Å²) in [5, 5.41) is 11.8. The van der Waals surface area contributed by atoms with Gasteiger partial charge in [0.1, 0.15) is 17.1 Å². The van der Waals surface area contributed by atoms with Gasteiger partial charge in [-0.2, -0.15) is 4.98 Å². The van der Waals surface area contributed by atoms with Crippen molar-refractivity contribution in [3.8, 4) is 34.4 Å². The van der Waals surface area contributed by atoms with Gasteiger partial charge in [-0.25, -0.2) is 18.4 Å². The maximum atomic E-state index is 14.6. The van der Waals surface area contributed by atoms with Gasteiger partial charge in [0, 0.05) is 24.4 Å². The summed E-state index contributed by atoms with van der Waals surface area (Å²) < 4.78 is 44.6. The number of carbonyl (C=O) groups excluding carboxylic acids is 1. The molecule has 38 heavy (non-hydrogen) atoms. The Bertz CT molecular complexity index is 1510. The predicted molar refractivity (Wildman–Crippen MR) is 133 cm³/mol. The van der Waals surface area contributed by atoms with E-state index in [9.17, 15) is 23.5 Å². The third-order valence-corrected chi connectivity index (χ3v) is 5.26. The summed E-state index contributed by atoms with van der Waals surface area (Å²) in [7, 11) is 1.14. The van der Waals surface area contributed by atoms with Crippen LogP contribution < -0.4 is 20.5 Å². The van der Waals surface area contributed by atoms with Gasteiger partial charge in [-0.1, -0.05) is 30.3 Å². The lowest BCUT2D eigenvalue weighted by Gasteiger charge is -2.13. The third kappa shape index (κ3) is 6.02. The minimum Gasteiger partial charge on any atom is -0.478 e. The molecule has 9 nitrogen and oxygen atoms in total. The Hall–Kier alpha value is -5.03. The molecule has 194 valence electrons. The average Bonchev–Trinajstić information content (AvgIpc) is 2.91. The predicted octanol–water partition coefficient (Wildman–Crippen LogP) is 5.95. The monoisotopic (exact) mass is 521 g/mol. The molecule has 0 bridgehead atoms. The standard InChI is InChI=1S/C27H21F2N3O6/c1-36-27(35)31-18-8-9-20(26(33)34)23(12-18)38-25-22(29)13-21(28)24(32-25)37-19-7-3-6-17(11-19)16-5-2-4-15(10-16)14-30/h2-13H,14,30H2,1H3,(H,31,35)(H,33,34). The summed E-state index contributed by atoms with van der Waals surface area (Å²) in [5.41, 5.74) is 8.00. The summed E-state index contributed by atoms with van der Waals surface area (Å²) >= 11 is 0. The van der Waals surface area contributed by atoms with Crippen molar-refractivity contribution in [2.75, 3.05) is 12.4 Å². The maximum Gasteiger partial charge on any atom is 0.411 e. The molecule has 0 saturated carbocycles. The Morgan fingerprint density at radius 1 is 0.921 bits per heavy atom. The Balaban J connectivity index is 1.64. The topological polar surface area (TPSA) is 133 Å². The van der Waals surface area contributed by atoms with Crippen molar-refractivity contribution in [3.63, 3.8) is 0 Å². The van der Waals surface area contributed by atoms with Crippen LogP contribution in [0.25, 0.3) is 11.1 Å². The van der Waals surface area contributed by atoms with Crippen LogP contribution in [0, 0.1) is 11.6 Å². The average molecular weight is 521 g/mol. The number of nitrogens with two attached hydrogens (primary N) is 1. The molecule has 0 unspecified atom stereocenters. The van der Waals surface area contributed by atoms with Gasteiger partial charge < -0.3 is 25.1 Å². The highest BCUT2D eigenvalue weighted by Crippen LogP contribution is 2.34. The fourth-order valence-electron chi connectivity index (χ4n) is 3.44. The lowest BCUT2D eigenvalue weighted by Crippen LogP contribution is -2.11. The number of pyridine rings is 1. The Morgan fingerprint density at radius 2 is 1.61 bits per heavy atom. The zero-order valence-corrected chi connectivity index (χ0v) is 19.9. The van der Waals surface area contributed by atoms with Crippen LogP contribution in [0.1, 0.15) is 15.9 Å². The van der Waals surface area contributed by atoms with Crippen LogP contribution in [0.3, 0.4) is 0 Å². The fraction of sp³-hybridized carbons (Fsp3) is 0.0741. The smallest absolute Gasteiger partial charge is 0.411 e. The highest BCUT2D eigenvalue weighted by molar-refractivity contribution is 5.93. The molecule has 4 aromatic rings. The molecule has 1 amide bonds.